The quantitative estimate of drug-likeness (QED) is 0.268. The summed E-state index contributed by atoms with van der Waals surface area (Å²) in [5.74, 6) is -4.64. The summed E-state index contributed by atoms with van der Waals surface area (Å²) in [6, 6.07) is 0. The number of carbonyl (C=O) groups is 4. The number of hydrogen-bond donors (Lipinski definition) is 0. The van der Waals surface area contributed by atoms with Crippen LogP contribution in [0, 0.1) is 0 Å². The fourth-order valence-electron chi connectivity index (χ4n) is 5.35. The predicted molar refractivity (Wildman–Crippen MR) is 130 cm³/mol. The van der Waals surface area contributed by atoms with Crippen molar-refractivity contribution in [3.05, 3.63) is 0 Å². The highest BCUT2D eigenvalue weighted by Crippen LogP contribution is 2.44. The third-order valence-electron chi connectivity index (χ3n) is 6.62. The number of ether oxygens (including phenoxy) is 11. The van der Waals surface area contributed by atoms with Crippen molar-refractivity contribution >= 4 is 23.9 Å². The van der Waals surface area contributed by atoms with Gasteiger partial charge in [-0.05, 0) is 27.7 Å². The third-order valence-corrected chi connectivity index (χ3v) is 6.62. The van der Waals surface area contributed by atoms with Crippen LogP contribution in [0.5, 0.6) is 0 Å². The summed E-state index contributed by atoms with van der Waals surface area (Å²) in [4.78, 5) is 47.4. The first kappa shape index (κ1) is 31.5. The number of fused-ring (bicyclic) bond motifs is 3. The highest BCUT2D eigenvalue weighted by atomic mass is 16.9. The highest BCUT2D eigenvalue weighted by Gasteiger charge is 2.61. The Morgan fingerprint density at radius 1 is 0.707 bits per heavy atom. The van der Waals surface area contributed by atoms with Gasteiger partial charge in [0.2, 0.25) is 0 Å². The topological polar surface area (TPSA) is 170 Å². The molecule has 232 valence electrons. The molecular weight excluding hydrogens is 552 g/mol. The van der Waals surface area contributed by atoms with E-state index < -0.39 is 103 Å². The monoisotopic (exact) mass is 590 g/mol. The Bertz CT molecular complexity index is 1010. The Balaban J connectivity index is 1.56. The molecule has 4 fully saturated rings. The molecular formula is C26H38O15. The maximum absolute atomic E-state index is 12.0. The fourth-order valence-corrected chi connectivity index (χ4v) is 5.35. The van der Waals surface area contributed by atoms with Gasteiger partial charge in [-0.1, -0.05) is 0 Å². The average Bonchev–Trinajstić information content (AvgIpc) is 3.43. The average molecular weight is 591 g/mol. The van der Waals surface area contributed by atoms with E-state index in [1.165, 1.54) is 6.92 Å². The van der Waals surface area contributed by atoms with Gasteiger partial charge in [0.1, 0.15) is 37.1 Å². The Morgan fingerprint density at radius 3 is 1.90 bits per heavy atom. The van der Waals surface area contributed by atoms with Crippen LogP contribution in [0.25, 0.3) is 0 Å². The van der Waals surface area contributed by atoms with E-state index in [4.69, 9.17) is 52.1 Å². The lowest BCUT2D eigenvalue weighted by atomic mass is 9.99. The number of esters is 4. The summed E-state index contributed by atoms with van der Waals surface area (Å²) in [7, 11) is 0. The largest absolute Gasteiger partial charge is 0.462 e. The van der Waals surface area contributed by atoms with Crippen LogP contribution in [0.3, 0.4) is 0 Å². The smallest absolute Gasteiger partial charge is 0.303 e. The molecule has 10 atom stereocenters. The lowest BCUT2D eigenvalue weighted by Crippen LogP contribution is -2.56. The summed E-state index contributed by atoms with van der Waals surface area (Å²) in [5, 5.41) is 0. The predicted octanol–water partition coefficient (Wildman–Crippen LogP) is 0.483. The van der Waals surface area contributed by atoms with Gasteiger partial charge in [0.25, 0.3) is 0 Å². The van der Waals surface area contributed by atoms with Crippen molar-refractivity contribution in [2.24, 2.45) is 0 Å². The maximum Gasteiger partial charge on any atom is 0.303 e. The van der Waals surface area contributed by atoms with E-state index in [0.29, 0.717) is 0 Å². The van der Waals surface area contributed by atoms with Crippen molar-refractivity contribution < 1.29 is 71.3 Å². The summed E-state index contributed by atoms with van der Waals surface area (Å²) >= 11 is 0. The van der Waals surface area contributed by atoms with Crippen molar-refractivity contribution in [1.29, 1.82) is 0 Å². The molecule has 15 heteroatoms. The lowest BCUT2D eigenvalue weighted by Gasteiger charge is -2.37. The summed E-state index contributed by atoms with van der Waals surface area (Å²) in [5.41, 5.74) is 0. The van der Waals surface area contributed by atoms with Gasteiger partial charge in [-0.2, -0.15) is 0 Å². The van der Waals surface area contributed by atoms with Crippen LogP contribution in [0.15, 0.2) is 0 Å². The van der Waals surface area contributed by atoms with Gasteiger partial charge in [0, 0.05) is 27.7 Å². The van der Waals surface area contributed by atoms with E-state index in [1.54, 1.807) is 27.7 Å². The van der Waals surface area contributed by atoms with Crippen molar-refractivity contribution in [2.45, 2.75) is 128 Å². The van der Waals surface area contributed by atoms with Crippen LogP contribution in [0.2, 0.25) is 0 Å². The van der Waals surface area contributed by atoms with Crippen LogP contribution in [0.1, 0.15) is 55.4 Å². The van der Waals surface area contributed by atoms with E-state index in [2.05, 4.69) is 0 Å². The van der Waals surface area contributed by atoms with Crippen molar-refractivity contribution in [3.63, 3.8) is 0 Å². The first-order valence-electron chi connectivity index (χ1n) is 13.3. The zero-order valence-electron chi connectivity index (χ0n) is 24.3. The van der Waals surface area contributed by atoms with E-state index in [9.17, 15) is 19.2 Å². The summed E-state index contributed by atoms with van der Waals surface area (Å²) in [6.07, 6.45) is -9.51. The molecule has 15 nitrogen and oxygen atoms in total. The van der Waals surface area contributed by atoms with Crippen LogP contribution in [0.4, 0.5) is 0 Å². The molecule has 0 aromatic rings. The summed E-state index contributed by atoms with van der Waals surface area (Å²) < 4.78 is 63.6. The molecule has 41 heavy (non-hydrogen) atoms. The van der Waals surface area contributed by atoms with E-state index in [-0.39, 0.29) is 6.61 Å². The first-order valence-corrected chi connectivity index (χ1v) is 13.3. The zero-order valence-corrected chi connectivity index (χ0v) is 24.3. The minimum absolute atomic E-state index is 0.155. The molecule has 4 aliphatic rings. The first-order chi connectivity index (χ1) is 19.0. The van der Waals surface area contributed by atoms with Crippen molar-refractivity contribution in [3.8, 4) is 0 Å². The van der Waals surface area contributed by atoms with Crippen molar-refractivity contribution in [2.75, 3.05) is 13.2 Å². The second-order valence-electron chi connectivity index (χ2n) is 11.1. The second kappa shape index (κ2) is 12.1. The molecule has 4 rings (SSSR count). The second-order valence-corrected chi connectivity index (χ2v) is 11.1. The zero-order chi connectivity index (χ0) is 30.3. The number of carbonyl (C=O) groups excluding carboxylic acids is 4. The van der Waals surface area contributed by atoms with Crippen LogP contribution in [-0.4, -0.2) is 110 Å². The Morgan fingerprint density at radius 2 is 1.29 bits per heavy atom. The highest BCUT2D eigenvalue weighted by molar-refractivity contribution is 5.68. The Hall–Kier alpha value is -2.40. The summed E-state index contributed by atoms with van der Waals surface area (Å²) in [6.45, 7) is 11.1. The molecule has 0 aromatic heterocycles. The Labute approximate surface area is 237 Å². The molecule has 0 radical (unpaired) electrons. The number of hydrogen-bond acceptors (Lipinski definition) is 15. The van der Waals surface area contributed by atoms with Crippen LogP contribution >= 0.6 is 0 Å². The van der Waals surface area contributed by atoms with Gasteiger partial charge in [-0.15, -0.1) is 0 Å². The van der Waals surface area contributed by atoms with Gasteiger partial charge in [0.05, 0.1) is 6.61 Å². The van der Waals surface area contributed by atoms with Gasteiger partial charge < -0.3 is 52.1 Å². The minimum Gasteiger partial charge on any atom is -0.462 e. The molecule has 4 heterocycles. The molecule has 4 saturated heterocycles. The van der Waals surface area contributed by atoms with Gasteiger partial charge in [-0.3, -0.25) is 19.2 Å². The van der Waals surface area contributed by atoms with E-state index in [1.807, 2.05) is 0 Å². The van der Waals surface area contributed by atoms with Gasteiger partial charge in [-0.25, -0.2) is 0 Å². The van der Waals surface area contributed by atoms with E-state index in [0.717, 1.165) is 20.8 Å². The standard InChI is InChI=1S/C26H38O15/c1-11(27)31-9-15(33-12(2)28)17-19(34-13(3)29)21(35-14(4)30)23(37-17)32-10-16-18-20(39-25(5,6)38-18)22-24(36-16)41-26(7,8)40-22/h15-24H,9-10H2,1-8H3/t15-,16+,17-,18-,19-,20-,21+,22+,23+,24+/m0/s1. The van der Waals surface area contributed by atoms with Crippen LogP contribution in [-0.2, 0) is 71.3 Å². The Kier molecular flexibility index (Phi) is 9.28. The lowest BCUT2D eigenvalue weighted by molar-refractivity contribution is -0.262. The van der Waals surface area contributed by atoms with Gasteiger partial charge >= 0.3 is 23.9 Å². The molecule has 0 N–H and O–H groups in total. The van der Waals surface area contributed by atoms with Crippen LogP contribution < -0.4 is 0 Å². The molecule has 4 aliphatic heterocycles. The minimum atomic E-state index is -1.31. The molecule has 0 spiro atoms. The molecule has 0 saturated carbocycles. The number of rotatable bonds is 9. The maximum atomic E-state index is 12.0. The molecule has 0 aromatic carbocycles. The molecule has 0 unspecified atom stereocenters. The third kappa shape index (κ3) is 7.52. The molecule has 0 bridgehead atoms. The SMILES string of the molecule is CC(=O)OC[C@H](OC(C)=O)[C@@H]1O[C@@H](OC[C@H]2O[C@@H]3OC(C)(C)O[C@@H]3[C@H]3OC(C)(C)O[C@H]32)[C@H](OC(C)=O)[C@H]1OC(C)=O. The molecule has 0 aliphatic carbocycles. The molecule has 0 amide bonds. The van der Waals surface area contributed by atoms with E-state index >= 15 is 0 Å². The van der Waals surface area contributed by atoms with Gasteiger partial charge in [0.15, 0.2) is 42.5 Å². The van der Waals surface area contributed by atoms with Crippen molar-refractivity contribution in [1.82, 2.24) is 0 Å². The normalized spacial score (nSPS) is 37.4. The fraction of sp³-hybridized carbons (Fsp3) is 0.846.